The van der Waals surface area contributed by atoms with E-state index in [2.05, 4.69) is 6.58 Å². The van der Waals surface area contributed by atoms with Crippen LogP contribution in [0.1, 0.15) is 6.92 Å². The summed E-state index contributed by atoms with van der Waals surface area (Å²) < 4.78 is 0. The Morgan fingerprint density at radius 2 is 1.11 bits per heavy atom. The third-order valence-corrected chi connectivity index (χ3v) is 2.28. The van der Waals surface area contributed by atoms with Crippen LogP contribution in [0, 0.1) is 0 Å². The highest BCUT2D eigenvalue weighted by atomic mass is 16.3. The van der Waals surface area contributed by atoms with Crippen LogP contribution in [0.4, 0.5) is 0 Å². The van der Waals surface area contributed by atoms with E-state index in [0.29, 0.717) is 0 Å². The topological polar surface area (TPSA) is 80.9 Å². The lowest BCUT2D eigenvalue weighted by atomic mass is 10.1. The van der Waals surface area contributed by atoms with Gasteiger partial charge in [0, 0.05) is 0 Å². The fourth-order valence-electron chi connectivity index (χ4n) is 1.16. The minimum absolute atomic E-state index is 0.922. The fraction of sp³-hybridized carbons (Fsp3) is 0.333. The lowest BCUT2D eigenvalue weighted by molar-refractivity contribution is 0.0808. The van der Waals surface area contributed by atoms with Crippen LogP contribution in [-0.2, 0) is 0 Å². The second kappa shape index (κ2) is 10.5. The highest BCUT2D eigenvalue weighted by molar-refractivity contribution is 5.15. The molecule has 106 valence electrons. The van der Waals surface area contributed by atoms with E-state index in [1.54, 1.807) is 37.3 Å². The summed E-state index contributed by atoms with van der Waals surface area (Å²) in [5.74, 6) is 0. The molecule has 0 amide bonds. The summed E-state index contributed by atoms with van der Waals surface area (Å²) in [5.41, 5.74) is 0. The van der Waals surface area contributed by atoms with Crippen molar-refractivity contribution in [3.8, 4) is 0 Å². The van der Waals surface area contributed by atoms with Crippen molar-refractivity contribution in [2.45, 2.75) is 31.3 Å². The third kappa shape index (κ3) is 8.29. The van der Waals surface area contributed by atoms with E-state index in [9.17, 15) is 20.4 Å². The van der Waals surface area contributed by atoms with E-state index in [1.807, 2.05) is 0 Å². The maximum Gasteiger partial charge on any atom is 0.102 e. The van der Waals surface area contributed by atoms with Crippen LogP contribution in [0.5, 0.6) is 0 Å². The molecule has 0 unspecified atom stereocenters. The molecule has 19 heavy (non-hydrogen) atoms. The van der Waals surface area contributed by atoms with Gasteiger partial charge in [-0.25, -0.2) is 0 Å². The monoisotopic (exact) mass is 266 g/mol. The quantitative estimate of drug-likeness (QED) is 0.388. The molecule has 0 rings (SSSR count). The Morgan fingerprint density at radius 3 is 1.53 bits per heavy atom. The molecule has 4 heteroatoms. The van der Waals surface area contributed by atoms with Crippen molar-refractivity contribution < 1.29 is 20.4 Å². The lowest BCUT2D eigenvalue weighted by Gasteiger charge is -2.08. The maximum atomic E-state index is 9.47. The summed E-state index contributed by atoms with van der Waals surface area (Å²) >= 11 is 0. The van der Waals surface area contributed by atoms with Gasteiger partial charge in [-0.05, 0) is 6.92 Å². The maximum absolute atomic E-state index is 9.47. The highest BCUT2D eigenvalue weighted by Gasteiger charge is 2.07. The van der Waals surface area contributed by atoms with Crippen molar-refractivity contribution in [2.75, 3.05) is 0 Å². The first kappa shape index (κ1) is 17.5. The molecule has 0 heterocycles. The van der Waals surface area contributed by atoms with Crippen molar-refractivity contribution in [1.29, 1.82) is 0 Å². The first-order valence-corrected chi connectivity index (χ1v) is 6.02. The summed E-state index contributed by atoms with van der Waals surface area (Å²) in [5, 5.41) is 37.4. The molecule has 4 N–H and O–H groups in total. The predicted molar refractivity (Wildman–Crippen MR) is 76.5 cm³/mol. The van der Waals surface area contributed by atoms with Gasteiger partial charge in [0.15, 0.2) is 0 Å². The molecular formula is C15H22O4. The Kier molecular flexibility index (Phi) is 9.66. The van der Waals surface area contributed by atoms with E-state index in [4.69, 9.17) is 0 Å². The molecule has 0 aromatic heterocycles. The average molecular weight is 266 g/mol. The van der Waals surface area contributed by atoms with Crippen LogP contribution in [0.2, 0.25) is 0 Å². The predicted octanol–water partition coefficient (Wildman–Crippen LogP) is 0.861. The van der Waals surface area contributed by atoms with E-state index < -0.39 is 24.4 Å². The van der Waals surface area contributed by atoms with Crippen LogP contribution < -0.4 is 0 Å². The molecule has 0 aliphatic rings. The molecule has 4 atom stereocenters. The summed E-state index contributed by atoms with van der Waals surface area (Å²) in [7, 11) is 0. The number of aliphatic hydroxyl groups excluding tert-OH is 4. The molecule has 0 saturated carbocycles. The molecular weight excluding hydrogens is 244 g/mol. The number of allylic oxidation sites excluding steroid dienone is 5. The zero-order chi connectivity index (χ0) is 14.7. The van der Waals surface area contributed by atoms with Gasteiger partial charge in [-0.15, -0.1) is 6.58 Å². The molecule has 4 nitrogen and oxygen atoms in total. The van der Waals surface area contributed by atoms with E-state index >= 15 is 0 Å². The van der Waals surface area contributed by atoms with Crippen molar-refractivity contribution >= 4 is 0 Å². The van der Waals surface area contributed by atoms with Crippen molar-refractivity contribution in [1.82, 2.24) is 0 Å². The molecule has 0 bridgehead atoms. The summed E-state index contributed by atoms with van der Waals surface area (Å²) in [4.78, 5) is 0. The smallest absolute Gasteiger partial charge is 0.102 e. The minimum atomic E-state index is -0.992. The Balaban J connectivity index is 4.15. The van der Waals surface area contributed by atoms with Crippen molar-refractivity contribution in [2.24, 2.45) is 0 Å². The van der Waals surface area contributed by atoms with Gasteiger partial charge in [0.25, 0.3) is 0 Å². The van der Waals surface area contributed by atoms with Gasteiger partial charge in [0.1, 0.15) is 24.4 Å². The molecule has 0 aromatic carbocycles. The average Bonchev–Trinajstić information content (AvgIpc) is 2.41. The first-order valence-electron chi connectivity index (χ1n) is 6.02. The normalized spacial score (nSPS) is 19.4. The van der Waals surface area contributed by atoms with Gasteiger partial charge in [-0.3, -0.25) is 0 Å². The number of aliphatic hydroxyl groups is 4. The molecule has 0 fully saturated rings. The van der Waals surface area contributed by atoms with E-state index in [1.165, 1.54) is 24.3 Å². The zero-order valence-electron chi connectivity index (χ0n) is 11.0. The van der Waals surface area contributed by atoms with Gasteiger partial charge in [-0.2, -0.15) is 0 Å². The van der Waals surface area contributed by atoms with E-state index in [0.717, 1.165) is 0 Å². The lowest BCUT2D eigenvalue weighted by Crippen LogP contribution is -2.20. The third-order valence-electron chi connectivity index (χ3n) is 2.28. The Bertz CT molecular complexity index is 355. The molecule has 0 aromatic rings. The fourth-order valence-corrected chi connectivity index (χ4v) is 1.16. The molecule has 0 radical (unpaired) electrons. The molecule has 0 aliphatic carbocycles. The largest absolute Gasteiger partial charge is 0.386 e. The molecule has 0 spiro atoms. The van der Waals surface area contributed by atoms with Crippen LogP contribution in [0.15, 0.2) is 61.3 Å². The number of rotatable bonds is 8. The van der Waals surface area contributed by atoms with E-state index in [-0.39, 0.29) is 0 Å². The van der Waals surface area contributed by atoms with Gasteiger partial charge in [-0.1, -0.05) is 54.7 Å². The van der Waals surface area contributed by atoms with Crippen LogP contribution in [-0.4, -0.2) is 44.8 Å². The second-order valence-corrected chi connectivity index (χ2v) is 3.88. The van der Waals surface area contributed by atoms with Gasteiger partial charge >= 0.3 is 0 Å². The molecule has 0 aliphatic heterocycles. The Morgan fingerprint density at radius 1 is 0.684 bits per heavy atom. The summed E-state index contributed by atoms with van der Waals surface area (Å²) in [6.07, 6.45) is 9.81. The summed E-state index contributed by atoms with van der Waals surface area (Å²) in [6, 6.07) is 0. The number of hydrogen-bond donors (Lipinski definition) is 4. The van der Waals surface area contributed by atoms with Crippen LogP contribution >= 0.6 is 0 Å². The summed E-state index contributed by atoms with van der Waals surface area (Å²) in [6.45, 7) is 5.12. The molecule has 0 saturated heterocycles. The van der Waals surface area contributed by atoms with Crippen molar-refractivity contribution in [3.63, 3.8) is 0 Å². The van der Waals surface area contributed by atoms with Gasteiger partial charge in [0.05, 0.1) is 0 Å². The van der Waals surface area contributed by atoms with Gasteiger partial charge < -0.3 is 20.4 Å². The van der Waals surface area contributed by atoms with Crippen LogP contribution in [0.3, 0.4) is 0 Å². The van der Waals surface area contributed by atoms with Gasteiger partial charge in [0.2, 0.25) is 0 Å². The van der Waals surface area contributed by atoms with Crippen LogP contribution in [0.25, 0.3) is 0 Å². The minimum Gasteiger partial charge on any atom is -0.386 e. The van der Waals surface area contributed by atoms with Crippen molar-refractivity contribution in [3.05, 3.63) is 61.3 Å². The first-order chi connectivity index (χ1) is 9.02. The second-order valence-electron chi connectivity index (χ2n) is 3.88. The SMILES string of the molecule is C=C[C@@H](O)[C@@H](O)C=CC=CC=C[C@@H](O)[C@H](O)C=CC. The zero-order valence-corrected chi connectivity index (χ0v) is 11.0. The Labute approximate surface area is 114 Å². The standard InChI is InChI=1S/C15H22O4/c1-3-9-13(17)15(19)11-8-6-5-7-10-14(18)12(16)4-2/h3-19H,2H2,1H3/t12-,13-,14+,15-/m1/s1. The Hall–Kier alpha value is -1.46. The highest BCUT2D eigenvalue weighted by Crippen LogP contribution is 1.99. The number of hydrogen-bond acceptors (Lipinski definition) is 4.